The lowest BCUT2D eigenvalue weighted by Crippen LogP contribution is -2.32. The van der Waals surface area contributed by atoms with E-state index in [1.54, 1.807) is 49.2 Å². The zero-order valence-electron chi connectivity index (χ0n) is 14.1. The van der Waals surface area contributed by atoms with E-state index in [1.807, 2.05) is 6.07 Å². The highest BCUT2D eigenvalue weighted by Crippen LogP contribution is 2.13. The van der Waals surface area contributed by atoms with Gasteiger partial charge in [0.1, 0.15) is 11.8 Å². The Bertz CT molecular complexity index is 794. The molecule has 25 heavy (non-hydrogen) atoms. The standard InChI is InChI=1S/C17H19N5O3/c1-12-9-15(21-25-12)20-17(24)11-22(2)8-7-16(23)19-14-6-4-3-5-13(14)10-18/h3-6,9H,7-8,11H2,1-2H3,(H,19,23)(H,20,21,24). The maximum absolute atomic E-state index is 12.0. The molecular formula is C17H19N5O3. The number of hydrogen-bond donors (Lipinski definition) is 2. The van der Waals surface area contributed by atoms with Crippen molar-refractivity contribution >= 4 is 23.3 Å². The topological polar surface area (TPSA) is 111 Å². The van der Waals surface area contributed by atoms with Gasteiger partial charge in [-0.3, -0.25) is 14.5 Å². The molecule has 0 radical (unpaired) electrons. The van der Waals surface area contributed by atoms with E-state index in [-0.39, 0.29) is 24.8 Å². The predicted octanol–water partition coefficient (Wildman–Crippen LogP) is 1.75. The lowest BCUT2D eigenvalue weighted by atomic mass is 10.2. The van der Waals surface area contributed by atoms with Crippen LogP contribution in [0, 0.1) is 18.3 Å². The summed E-state index contributed by atoms with van der Waals surface area (Å²) in [7, 11) is 1.74. The Morgan fingerprint density at radius 3 is 2.72 bits per heavy atom. The number of nitrogens with one attached hydrogen (secondary N) is 2. The zero-order valence-corrected chi connectivity index (χ0v) is 14.1. The number of rotatable bonds is 7. The van der Waals surface area contributed by atoms with Gasteiger partial charge in [0.15, 0.2) is 5.82 Å². The van der Waals surface area contributed by atoms with Crippen molar-refractivity contribution in [2.75, 3.05) is 30.8 Å². The van der Waals surface area contributed by atoms with Crippen molar-refractivity contribution in [3.05, 3.63) is 41.7 Å². The Balaban J connectivity index is 1.75. The minimum Gasteiger partial charge on any atom is -0.360 e. The minimum atomic E-state index is -0.244. The molecule has 8 heteroatoms. The van der Waals surface area contributed by atoms with Crippen molar-refractivity contribution in [3.63, 3.8) is 0 Å². The highest BCUT2D eigenvalue weighted by atomic mass is 16.5. The number of anilines is 2. The van der Waals surface area contributed by atoms with Crippen LogP contribution in [0.15, 0.2) is 34.9 Å². The molecule has 0 bridgehead atoms. The minimum absolute atomic E-state index is 0.119. The van der Waals surface area contributed by atoms with Gasteiger partial charge in [-0.25, -0.2) is 0 Å². The van der Waals surface area contributed by atoms with Crippen molar-refractivity contribution in [2.24, 2.45) is 0 Å². The second kappa shape index (κ2) is 8.61. The van der Waals surface area contributed by atoms with Crippen LogP contribution in [0.5, 0.6) is 0 Å². The fourth-order valence-electron chi connectivity index (χ4n) is 2.13. The van der Waals surface area contributed by atoms with Gasteiger partial charge in [0.05, 0.1) is 17.8 Å². The monoisotopic (exact) mass is 341 g/mol. The number of carbonyl (C=O) groups is 2. The Labute approximate surface area is 145 Å². The summed E-state index contributed by atoms with van der Waals surface area (Å²) >= 11 is 0. The van der Waals surface area contributed by atoms with Gasteiger partial charge < -0.3 is 15.2 Å². The van der Waals surface area contributed by atoms with Gasteiger partial charge in [-0.1, -0.05) is 17.3 Å². The predicted molar refractivity (Wildman–Crippen MR) is 91.8 cm³/mol. The first-order valence-corrected chi connectivity index (χ1v) is 7.68. The lowest BCUT2D eigenvalue weighted by molar-refractivity contribution is -0.119. The average Bonchev–Trinajstić information content (AvgIpc) is 2.98. The SMILES string of the molecule is Cc1cc(NC(=O)CN(C)CCC(=O)Nc2ccccc2C#N)no1. The Morgan fingerprint density at radius 1 is 1.28 bits per heavy atom. The van der Waals surface area contributed by atoms with Gasteiger partial charge in [0.25, 0.3) is 0 Å². The summed E-state index contributed by atoms with van der Waals surface area (Å²) in [5.74, 6) is 0.507. The molecular weight excluding hydrogens is 322 g/mol. The molecule has 0 saturated carbocycles. The maximum Gasteiger partial charge on any atom is 0.239 e. The first kappa shape index (κ1) is 18.2. The summed E-state index contributed by atoms with van der Waals surface area (Å²) in [6.45, 7) is 2.25. The summed E-state index contributed by atoms with van der Waals surface area (Å²) in [6, 6.07) is 10.4. The number of para-hydroxylation sites is 1. The van der Waals surface area contributed by atoms with Gasteiger partial charge in [0, 0.05) is 19.0 Å². The smallest absolute Gasteiger partial charge is 0.239 e. The second-order valence-electron chi connectivity index (χ2n) is 5.56. The van der Waals surface area contributed by atoms with Gasteiger partial charge in [-0.2, -0.15) is 5.26 Å². The number of nitrogens with zero attached hydrogens (tertiary/aromatic N) is 3. The van der Waals surface area contributed by atoms with Crippen LogP contribution < -0.4 is 10.6 Å². The molecule has 0 aliphatic heterocycles. The molecule has 8 nitrogen and oxygen atoms in total. The first-order chi connectivity index (χ1) is 12.0. The van der Waals surface area contributed by atoms with E-state index in [2.05, 4.69) is 15.8 Å². The molecule has 130 valence electrons. The Morgan fingerprint density at radius 2 is 2.04 bits per heavy atom. The lowest BCUT2D eigenvalue weighted by Gasteiger charge is -2.15. The number of nitriles is 1. The molecule has 1 aromatic carbocycles. The number of likely N-dealkylation sites (N-methyl/N-ethyl adjacent to an activating group) is 1. The molecule has 1 heterocycles. The highest BCUT2D eigenvalue weighted by Gasteiger charge is 2.12. The van der Waals surface area contributed by atoms with Gasteiger partial charge in [0.2, 0.25) is 11.8 Å². The second-order valence-corrected chi connectivity index (χ2v) is 5.56. The molecule has 0 saturated heterocycles. The molecule has 0 aliphatic carbocycles. The Hall–Kier alpha value is -3.18. The molecule has 0 aliphatic rings. The van der Waals surface area contributed by atoms with Crippen molar-refractivity contribution in [1.29, 1.82) is 5.26 Å². The van der Waals surface area contributed by atoms with Crippen molar-refractivity contribution in [3.8, 4) is 6.07 Å². The van der Waals surface area contributed by atoms with E-state index in [0.29, 0.717) is 29.4 Å². The maximum atomic E-state index is 12.0. The van der Waals surface area contributed by atoms with Crippen LogP contribution in [-0.4, -0.2) is 42.0 Å². The normalized spacial score (nSPS) is 10.3. The van der Waals surface area contributed by atoms with Crippen LogP contribution in [0.3, 0.4) is 0 Å². The summed E-state index contributed by atoms with van der Waals surface area (Å²) in [4.78, 5) is 25.6. The van der Waals surface area contributed by atoms with E-state index >= 15 is 0 Å². The summed E-state index contributed by atoms with van der Waals surface area (Å²) in [5.41, 5.74) is 0.892. The van der Waals surface area contributed by atoms with Crippen LogP contribution in [-0.2, 0) is 9.59 Å². The molecule has 0 atom stereocenters. The van der Waals surface area contributed by atoms with Crippen molar-refractivity contribution in [2.45, 2.75) is 13.3 Å². The van der Waals surface area contributed by atoms with E-state index in [0.717, 1.165) is 0 Å². The van der Waals surface area contributed by atoms with Gasteiger partial charge in [-0.15, -0.1) is 0 Å². The number of benzene rings is 1. The molecule has 2 amide bonds. The number of aromatic nitrogens is 1. The third-order valence-corrected chi connectivity index (χ3v) is 3.35. The third-order valence-electron chi connectivity index (χ3n) is 3.35. The molecule has 1 aromatic heterocycles. The van der Waals surface area contributed by atoms with E-state index in [9.17, 15) is 9.59 Å². The fraction of sp³-hybridized carbons (Fsp3) is 0.294. The third kappa shape index (κ3) is 5.75. The fourth-order valence-corrected chi connectivity index (χ4v) is 2.13. The molecule has 0 fully saturated rings. The number of aryl methyl sites for hydroxylation is 1. The quantitative estimate of drug-likeness (QED) is 0.794. The van der Waals surface area contributed by atoms with Gasteiger partial charge >= 0.3 is 0 Å². The zero-order chi connectivity index (χ0) is 18.2. The summed E-state index contributed by atoms with van der Waals surface area (Å²) in [6.07, 6.45) is 0.201. The molecule has 2 aromatic rings. The van der Waals surface area contributed by atoms with E-state index < -0.39 is 0 Å². The van der Waals surface area contributed by atoms with E-state index in [4.69, 9.17) is 9.78 Å². The average molecular weight is 341 g/mol. The molecule has 2 rings (SSSR count). The highest BCUT2D eigenvalue weighted by molar-refractivity contribution is 5.92. The molecule has 2 N–H and O–H groups in total. The van der Waals surface area contributed by atoms with Gasteiger partial charge in [-0.05, 0) is 26.1 Å². The van der Waals surface area contributed by atoms with Crippen LogP contribution in [0.1, 0.15) is 17.7 Å². The van der Waals surface area contributed by atoms with Crippen LogP contribution in [0.2, 0.25) is 0 Å². The van der Waals surface area contributed by atoms with Crippen LogP contribution >= 0.6 is 0 Å². The van der Waals surface area contributed by atoms with Crippen LogP contribution in [0.25, 0.3) is 0 Å². The molecule has 0 spiro atoms. The molecule has 0 unspecified atom stereocenters. The van der Waals surface area contributed by atoms with Crippen molar-refractivity contribution in [1.82, 2.24) is 10.1 Å². The Kier molecular flexibility index (Phi) is 6.26. The summed E-state index contributed by atoms with van der Waals surface area (Å²) in [5, 5.41) is 18.0. The van der Waals surface area contributed by atoms with Crippen LogP contribution in [0.4, 0.5) is 11.5 Å². The first-order valence-electron chi connectivity index (χ1n) is 7.68. The number of hydrogen-bond acceptors (Lipinski definition) is 6. The van der Waals surface area contributed by atoms with Crippen molar-refractivity contribution < 1.29 is 14.1 Å². The number of carbonyl (C=O) groups excluding carboxylic acids is 2. The number of amides is 2. The van der Waals surface area contributed by atoms with E-state index in [1.165, 1.54) is 0 Å². The largest absolute Gasteiger partial charge is 0.360 e. The summed E-state index contributed by atoms with van der Waals surface area (Å²) < 4.78 is 4.87.